The van der Waals surface area contributed by atoms with Gasteiger partial charge in [0.2, 0.25) is 0 Å². The molecule has 0 spiro atoms. The van der Waals surface area contributed by atoms with Gasteiger partial charge in [0.15, 0.2) is 0 Å². The van der Waals surface area contributed by atoms with Gasteiger partial charge in [-0.15, -0.1) is 0 Å². The molecule has 0 saturated carbocycles. The summed E-state index contributed by atoms with van der Waals surface area (Å²) in [7, 11) is -1.62. The van der Waals surface area contributed by atoms with Gasteiger partial charge in [-0.3, -0.25) is 0 Å². The van der Waals surface area contributed by atoms with E-state index >= 15 is 0 Å². The van der Waals surface area contributed by atoms with Gasteiger partial charge in [-0.25, -0.2) is 4.79 Å². The van der Waals surface area contributed by atoms with Gasteiger partial charge in [-0.05, 0) is 62.1 Å². The van der Waals surface area contributed by atoms with Gasteiger partial charge < -0.3 is 44.8 Å². The maximum absolute atomic E-state index is 10.6. The summed E-state index contributed by atoms with van der Waals surface area (Å²) in [5, 5.41) is 11.6. The van der Waals surface area contributed by atoms with Crippen LogP contribution in [0.1, 0.15) is 25.7 Å². The lowest BCUT2D eigenvalue weighted by Crippen LogP contribution is -3.00. The Kier molecular flexibility index (Phi) is 16.0. The van der Waals surface area contributed by atoms with Crippen molar-refractivity contribution < 1.29 is 62.8 Å². The number of hydrogen-bond acceptors (Lipinski definition) is 1. The Hall–Kier alpha value is -1.73. The van der Waals surface area contributed by atoms with Crippen LogP contribution in [-0.4, -0.2) is 30.0 Å². The van der Waals surface area contributed by atoms with E-state index in [-0.39, 0.29) is 34.0 Å². The minimum atomic E-state index is -5.08. The zero-order valence-corrected chi connectivity index (χ0v) is 23.4. The summed E-state index contributed by atoms with van der Waals surface area (Å²) in [5.41, 5.74) is 3.98. The second-order valence-electron chi connectivity index (χ2n) is 7.61. The smallest absolute Gasteiger partial charge is 0.490 e. The number of carbonyl (C=O) groups is 1. The maximum Gasteiger partial charge on any atom is 0.490 e. The number of carboxylic acid groups (broad SMARTS) is 1. The molecule has 0 amide bonds. The van der Waals surface area contributed by atoms with Crippen LogP contribution in [-0.2, 0) is 4.79 Å². The molecule has 3 aromatic rings. The number of rotatable bonds is 9. The van der Waals surface area contributed by atoms with Gasteiger partial charge in [0.25, 0.3) is 0 Å². The molecule has 3 nitrogen and oxygen atoms in total. The molecular formula is C26H31Br2F3NO2P. The van der Waals surface area contributed by atoms with Gasteiger partial charge in [-0.2, -0.15) is 13.2 Å². The molecule has 0 unspecified atom stereocenters. The molecule has 0 atom stereocenters. The quantitative estimate of drug-likeness (QED) is 0.220. The first-order chi connectivity index (χ1) is 15.8. The number of hydrogen-bond donors (Lipinski definition) is 2. The number of benzene rings is 3. The Balaban J connectivity index is 0.00000113. The van der Waals surface area contributed by atoms with Crippen molar-refractivity contribution in [1.29, 1.82) is 0 Å². The highest BCUT2D eigenvalue weighted by Crippen LogP contribution is 2.55. The minimum absolute atomic E-state index is 0. The van der Waals surface area contributed by atoms with Crippen LogP contribution in [0.25, 0.3) is 0 Å². The molecule has 0 aromatic heterocycles. The predicted molar refractivity (Wildman–Crippen MR) is 130 cm³/mol. The Bertz CT molecular complexity index is 866. The molecule has 35 heavy (non-hydrogen) atoms. The number of aliphatic carboxylic acids is 1. The second-order valence-corrected chi connectivity index (χ2v) is 11.2. The Labute approximate surface area is 226 Å². The molecule has 0 aliphatic rings. The molecule has 0 aliphatic heterocycles. The van der Waals surface area contributed by atoms with Gasteiger partial charge in [-0.1, -0.05) is 54.6 Å². The molecule has 3 rings (SSSR count). The summed E-state index contributed by atoms with van der Waals surface area (Å²) in [6.45, 7) is 1.05. The summed E-state index contributed by atoms with van der Waals surface area (Å²) in [4.78, 5) is 8.90. The number of alkyl halides is 3. The van der Waals surface area contributed by atoms with Crippen LogP contribution < -0.4 is 55.6 Å². The number of quaternary nitrogens is 1. The van der Waals surface area contributed by atoms with Crippen molar-refractivity contribution in [3.05, 3.63) is 91.0 Å². The Morgan fingerprint density at radius 1 is 0.686 bits per heavy atom. The highest BCUT2D eigenvalue weighted by atomic mass is 79.9. The van der Waals surface area contributed by atoms with E-state index in [4.69, 9.17) is 9.90 Å². The molecule has 0 fully saturated rings. The first kappa shape index (κ1) is 33.3. The number of halogens is 5. The van der Waals surface area contributed by atoms with Crippen LogP contribution in [0.3, 0.4) is 0 Å². The number of carboxylic acids is 1. The third-order valence-electron chi connectivity index (χ3n) is 5.33. The summed E-state index contributed by atoms with van der Waals surface area (Å²) in [5.74, 6) is -2.76. The average molecular weight is 637 g/mol. The van der Waals surface area contributed by atoms with E-state index < -0.39 is 19.4 Å². The highest BCUT2D eigenvalue weighted by Gasteiger charge is 2.44. The highest BCUT2D eigenvalue weighted by molar-refractivity contribution is 7.95. The van der Waals surface area contributed by atoms with E-state index in [1.54, 1.807) is 0 Å². The minimum Gasteiger partial charge on any atom is -1.00 e. The fraction of sp³-hybridized carbons (Fsp3) is 0.269. The van der Waals surface area contributed by atoms with E-state index in [2.05, 4.69) is 96.7 Å². The molecule has 0 heterocycles. The van der Waals surface area contributed by atoms with Crippen LogP contribution in [0, 0.1) is 0 Å². The van der Waals surface area contributed by atoms with E-state index in [1.165, 1.54) is 47.8 Å². The molecule has 0 bridgehead atoms. The van der Waals surface area contributed by atoms with Crippen LogP contribution in [0.15, 0.2) is 91.0 Å². The lowest BCUT2D eigenvalue weighted by Gasteiger charge is -2.27. The Morgan fingerprint density at radius 2 is 1.00 bits per heavy atom. The molecule has 9 heteroatoms. The topological polar surface area (TPSA) is 64.9 Å². The molecular weight excluding hydrogens is 606 g/mol. The Morgan fingerprint density at radius 3 is 1.29 bits per heavy atom. The fourth-order valence-corrected chi connectivity index (χ4v) is 8.17. The van der Waals surface area contributed by atoms with Crippen molar-refractivity contribution in [3.8, 4) is 0 Å². The third kappa shape index (κ3) is 10.0. The van der Waals surface area contributed by atoms with Gasteiger partial charge in [0.05, 0.1) is 12.7 Å². The van der Waals surface area contributed by atoms with E-state index in [0.29, 0.717) is 0 Å². The summed E-state index contributed by atoms with van der Waals surface area (Å²) >= 11 is 0. The first-order valence-corrected chi connectivity index (χ1v) is 12.9. The van der Waals surface area contributed by atoms with Crippen LogP contribution in [0.5, 0.6) is 0 Å². The van der Waals surface area contributed by atoms with Crippen molar-refractivity contribution in [3.63, 3.8) is 0 Å². The number of unbranched alkanes of at least 4 members (excludes halogenated alkanes) is 3. The largest absolute Gasteiger partial charge is 1.00 e. The van der Waals surface area contributed by atoms with Crippen molar-refractivity contribution in [1.82, 2.24) is 0 Å². The van der Waals surface area contributed by atoms with Gasteiger partial charge >= 0.3 is 12.1 Å². The second kappa shape index (κ2) is 16.9. The molecule has 0 saturated heterocycles. The average Bonchev–Trinajstić information content (AvgIpc) is 2.83. The zero-order valence-electron chi connectivity index (χ0n) is 19.3. The maximum atomic E-state index is 10.6. The van der Waals surface area contributed by atoms with Crippen molar-refractivity contribution in [2.75, 3.05) is 12.7 Å². The molecule has 4 N–H and O–H groups in total. The SMILES string of the molecule is O=C(O)C(F)(F)F.[Br-].[Br-].[NH3+]CCCCCC[P+](c1ccccc1)(c1ccccc1)c1ccccc1. The first-order valence-electron chi connectivity index (χ1n) is 11.0. The van der Waals surface area contributed by atoms with Crippen molar-refractivity contribution >= 4 is 29.1 Å². The van der Waals surface area contributed by atoms with Gasteiger partial charge in [0.1, 0.15) is 23.2 Å². The normalized spacial score (nSPS) is 10.7. The van der Waals surface area contributed by atoms with Crippen LogP contribution in [0.2, 0.25) is 0 Å². The van der Waals surface area contributed by atoms with Crippen molar-refractivity contribution in [2.24, 2.45) is 0 Å². The molecule has 3 aromatic carbocycles. The lowest BCUT2D eigenvalue weighted by atomic mass is 10.2. The van der Waals surface area contributed by atoms with E-state index in [9.17, 15) is 13.2 Å². The summed E-state index contributed by atoms with van der Waals surface area (Å²) in [6, 6.07) is 33.6. The van der Waals surface area contributed by atoms with Crippen LogP contribution in [0.4, 0.5) is 13.2 Å². The molecule has 0 radical (unpaired) electrons. The predicted octanol–water partition coefficient (Wildman–Crippen LogP) is -1.58. The monoisotopic (exact) mass is 635 g/mol. The summed E-state index contributed by atoms with van der Waals surface area (Å²) < 4.78 is 31.7. The third-order valence-corrected chi connectivity index (χ3v) is 9.85. The fourth-order valence-electron chi connectivity index (χ4n) is 3.76. The zero-order chi connectivity index (χ0) is 24.2. The summed E-state index contributed by atoms with van der Waals surface area (Å²) in [6.07, 6.45) is 1.26. The molecule has 192 valence electrons. The van der Waals surface area contributed by atoms with Crippen molar-refractivity contribution in [2.45, 2.75) is 31.9 Å². The van der Waals surface area contributed by atoms with Crippen LogP contribution >= 0.6 is 7.26 Å². The standard InChI is InChI=1S/C24H29NP.C2HF3O2.2BrH/c25-20-12-1-2-13-21-26(22-14-6-3-7-15-22,23-16-8-4-9-17-23)24-18-10-5-11-19-24;3-2(4,5)1(6)7;;/h3-11,14-19H,1-2,12-13,20-21,25H2;(H,6,7);2*1H/q+1;;;/p-1. The van der Waals surface area contributed by atoms with E-state index in [1.807, 2.05) is 0 Å². The van der Waals surface area contributed by atoms with Gasteiger partial charge in [0, 0.05) is 0 Å². The van der Waals surface area contributed by atoms with E-state index in [0.717, 1.165) is 6.54 Å². The lowest BCUT2D eigenvalue weighted by molar-refractivity contribution is -0.368. The molecule has 0 aliphatic carbocycles.